The van der Waals surface area contributed by atoms with E-state index >= 15 is 0 Å². The first-order chi connectivity index (χ1) is 27.8. The summed E-state index contributed by atoms with van der Waals surface area (Å²) in [6, 6.07) is 5.77. The number of ketones is 2. The number of ether oxygens (including phenoxy) is 5. The van der Waals surface area contributed by atoms with Crippen LogP contribution in [0.1, 0.15) is 80.2 Å². The number of hydrogen-bond acceptors (Lipinski definition) is 13. The van der Waals surface area contributed by atoms with Crippen molar-refractivity contribution in [2.24, 2.45) is 23.7 Å². The molecule has 0 radical (unpaired) electrons. The maximum atomic E-state index is 14.7. The van der Waals surface area contributed by atoms with Crippen LogP contribution in [0.25, 0.3) is 10.8 Å². The monoisotopic (exact) mass is 825 g/mol. The number of benzene rings is 1. The Morgan fingerprint density at radius 3 is 2.37 bits per heavy atom. The van der Waals surface area contributed by atoms with Crippen LogP contribution in [0.5, 0.6) is 0 Å². The highest BCUT2D eigenvalue weighted by Crippen LogP contribution is 2.43. The van der Waals surface area contributed by atoms with Gasteiger partial charge in [0.25, 0.3) is 0 Å². The molecule has 326 valence electrons. The number of nitrogens with one attached hydrogen (secondary N) is 2. The van der Waals surface area contributed by atoms with Crippen LogP contribution in [0, 0.1) is 23.7 Å². The third-order valence-electron chi connectivity index (χ3n) is 12.8. The maximum absolute atomic E-state index is 14.7. The first kappa shape index (κ1) is 45.9. The molecular weight excluding hydrogens is 762 g/mol. The van der Waals surface area contributed by atoms with E-state index in [-0.39, 0.29) is 44.0 Å². The number of aliphatic hydroxyl groups excluding tert-OH is 1. The molecular formula is C43H63N5O11. The summed E-state index contributed by atoms with van der Waals surface area (Å²) in [5, 5.41) is 18.8. The van der Waals surface area contributed by atoms with Crippen LogP contribution >= 0.6 is 0 Å². The molecule has 3 N–H and O–H groups in total. The molecule has 3 amide bonds. The number of nitrogens with zero attached hydrogens (tertiary/aromatic N) is 3. The Morgan fingerprint density at radius 1 is 1.02 bits per heavy atom. The van der Waals surface area contributed by atoms with E-state index in [1.807, 2.05) is 50.2 Å². The van der Waals surface area contributed by atoms with Crippen molar-refractivity contribution >= 4 is 40.4 Å². The summed E-state index contributed by atoms with van der Waals surface area (Å²) < 4.78 is 31.0. The predicted molar refractivity (Wildman–Crippen MR) is 217 cm³/mol. The smallest absolute Gasteiger partial charge is 0.412 e. The van der Waals surface area contributed by atoms with E-state index in [9.17, 15) is 29.1 Å². The molecule has 3 saturated heterocycles. The second-order valence-electron chi connectivity index (χ2n) is 17.2. The van der Waals surface area contributed by atoms with E-state index in [0.29, 0.717) is 6.42 Å². The van der Waals surface area contributed by atoms with Crippen molar-refractivity contribution in [3.8, 4) is 0 Å². The van der Waals surface area contributed by atoms with Gasteiger partial charge in [-0.3, -0.25) is 24.3 Å². The third kappa shape index (κ3) is 9.41. The lowest BCUT2D eigenvalue weighted by Crippen LogP contribution is -2.60. The summed E-state index contributed by atoms with van der Waals surface area (Å²) in [4.78, 5) is 77.4. The van der Waals surface area contributed by atoms with Gasteiger partial charge in [-0.05, 0) is 72.0 Å². The number of rotatable bonds is 9. The van der Waals surface area contributed by atoms with Crippen LogP contribution < -0.4 is 10.6 Å². The molecule has 16 nitrogen and oxygen atoms in total. The Labute approximate surface area is 347 Å². The topological polar surface area (TPSA) is 195 Å². The van der Waals surface area contributed by atoms with Crippen LogP contribution in [-0.2, 0) is 44.6 Å². The number of Topliss-reactive ketones (excluding diaryl/α,β-unsaturated/α-hetero) is 2. The van der Waals surface area contributed by atoms with Crippen LogP contribution in [-0.4, -0.2) is 131 Å². The summed E-state index contributed by atoms with van der Waals surface area (Å²) in [7, 11) is 5.17. The van der Waals surface area contributed by atoms with Crippen molar-refractivity contribution in [2.75, 3.05) is 27.9 Å². The zero-order chi connectivity index (χ0) is 43.6. The lowest BCUT2D eigenvalue weighted by Gasteiger charge is -2.47. The van der Waals surface area contributed by atoms with E-state index in [4.69, 9.17) is 23.7 Å². The summed E-state index contributed by atoms with van der Waals surface area (Å²) in [6.07, 6.45) is -1.31. The number of pyridine rings is 1. The molecule has 0 bridgehead atoms. The molecule has 0 spiro atoms. The molecule has 0 saturated carbocycles. The van der Waals surface area contributed by atoms with Gasteiger partial charge >= 0.3 is 18.1 Å². The molecule has 0 aliphatic carbocycles. The van der Waals surface area contributed by atoms with Crippen LogP contribution in [0.15, 0.2) is 36.7 Å². The molecule has 16 heteroatoms. The Balaban J connectivity index is 1.45. The molecule has 3 aliphatic rings. The quantitative estimate of drug-likeness (QED) is 0.241. The Bertz CT molecular complexity index is 1860. The molecule has 4 heterocycles. The molecule has 1 aromatic carbocycles. The van der Waals surface area contributed by atoms with Gasteiger partial charge in [0.15, 0.2) is 17.7 Å². The largest absolute Gasteiger partial charge is 0.458 e. The molecule has 0 unspecified atom stereocenters. The minimum atomic E-state index is -1.56. The number of carbonyl (C=O) groups is 5. The number of methoxy groups -OCH3 is 1. The third-order valence-corrected chi connectivity index (χ3v) is 12.8. The highest BCUT2D eigenvalue weighted by Gasteiger charge is 2.60. The lowest BCUT2D eigenvalue weighted by atomic mass is 9.73. The normalized spacial score (nSPS) is 36.2. The summed E-state index contributed by atoms with van der Waals surface area (Å²) >= 11 is 0. The van der Waals surface area contributed by atoms with Crippen molar-refractivity contribution in [3.05, 3.63) is 42.2 Å². The molecule has 3 aliphatic heterocycles. The van der Waals surface area contributed by atoms with Gasteiger partial charge in [0.2, 0.25) is 0 Å². The molecule has 2 aromatic rings. The molecule has 5 rings (SSSR count). The van der Waals surface area contributed by atoms with Crippen LogP contribution in [0.4, 0.5) is 9.59 Å². The first-order valence-corrected chi connectivity index (χ1v) is 20.6. The SMILES string of the molecule is CC[C@H]1OC(=O)[C@H](C)C(=O)[C@H](C)[C@@H](O[C@@H]2O[C@H](C)C[C@H](N(C)C)[C@H]2O)[C@](C)(OC)C[C@@H](C)C(=O)[C@H](C)[C@H]2N(CNC(=O)NCc3cncc4ccccc34)C(=O)O[C@]12C. The molecule has 1 aromatic heterocycles. The standard InChI is InChI=1S/C43H63N5O11/c1-12-32-43(8)36(48(41(54)59-43)22-46-40(53)45-21-29-20-44-19-28-15-13-14-16-30(28)29)25(4)33(49)23(2)18-42(7,55-11)37(26(5)34(50)27(6)38(52)57-32)58-39-35(51)31(47(9)10)17-24(3)56-39/h13-16,19-20,23-27,31-32,35-37,39,51H,12,17-18,21-22H2,1-11H3,(H2,45,46,53)/t23-,24-,25+,26+,27-,31+,32-,35-,36-,37-,39+,42-,43-/m1/s1. The Morgan fingerprint density at radius 2 is 1.71 bits per heavy atom. The van der Waals surface area contributed by atoms with Crippen molar-refractivity contribution < 1.29 is 52.8 Å². The second-order valence-corrected chi connectivity index (χ2v) is 17.2. The van der Waals surface area contributed by atoms with E-state index in [1.165, 1.54) is 18.9 Å². The number of esters is 1. The first-order valence-electron chi connectivity index (χ1n) is 20.6. The highest BCUT2D eigenvalue weighted by molar-refractivity contribution is 6.00. The van der Waals surface area contributed by atoms with E-state index in [2.05, 4.69) is 15.6 Å². The van der Waals surface area contributed by atoms with Gasteiger partial charge in [0.05, 0.1) is 30.5 Å². The van der Waals surface area contributed by atoms with Gasteiger partial charge in [-0.25, -0.2) is 9.59 Å². The fourth-order valence-corrected chi connectivity index (χ4v) is 9.36. The number of fused-ring (bicyclic) bond motifs is 2. The number of urea groups is 1. The van der Waals surface area contributed by atoms with E-state index < -0.39 is 89.4 Å². The average molecular weight is 826 g/mol. The molecule has 3 fully saturated rings. The number of cyclic esters (lactones) is 1. The summed E-state index contributed by atoms with van der Waals surface area (Å²) in [5.74, 6) is -5.54. The number of aromatic nitrogens is 1. The summed E-state index contributed by atoms with van der Waals surface area (Å²) in [5.41, 5.74) is -2.09. The predicted octanol–water partition coefficient (Wildman–Crippen LogP) is 4.20. The Hall–Kier alpha value is -4.22. The van der Waals surface area contributed by atoms with E-state index in [1.54, 1.807) is 53.9 Å². The minimum absolute atomic E-state index is 0.0579. The van der Waals surface area contributed by atoms with Gasteiger partial charge in [0, 0.05) is 55.2 Å². The number of likely N-dealkylation sites (N-methyl/N-ethyl adjacent to an activating group) is 1. The van der Waals surface area contributed by atoms with Crippen molar-refractivity contribution in [1.29, 1.82) is 0 Å². The Kier molecular flexibility index (Phi) is 14.4. The molecule has 59 heavy (non-hydrogen) atoms. The van der Waals surface area contributed by atoms with Crippen molar-refractivity contribution in [3.63, 3.8) is 0 Å². The number of aliphatic hydroxyl groups is 1. The average Bonchev–Trinajstić information content (AvgIpc) is 3.47. The van der Waals surface area contributed by atoms with Gasteiger partial charge in [-0.2, -0.15) is 0 Å². The highest BCUT2D eigenvalue weighted by atomic mass is 16.7. The zero-order valence-electron chi connectivity index (χ0n) is 36.2. The van der Waals surface area contributed by atoms with Gasteiger partial charge in [-0.1, -0.05) is 52.0 Å². The zero-order valence-corrected chi connectivity index (χ0v) is 36.2. The van der Waals surface area contributed by atoms with Crippen molar-refractivity contribution in [2.45, 2.75) is 135 Å². The fourth-order valence-electron chi connectivity index (χ4n) is 9.36. The lowest BCUT2D eigenvalue weighted by molar-refractivity contribution is -0.295. The fraction of sp³-hybridized carbons (Fsp3) is 0.674. The van der Waals surface area contributed by atoms with Crippen LogP contribution in [0.2, 0.25) is 0 Å². The number of hydrogen-bond donors (Lipinski definition) is 3. The van der Waals surface area contributed by atoms with E-state index in [0.717, 1.165) is 16.3 Å². The minimum Gasteiger partial charge on any atom is -0.458 e. The van der Waals surface area contributed by atoms with Crippen LogP contribution in [0.3, 0.4) is 0 Å². The van der Waals surface area contributed by atoms with Gasteiger partial charge in [-0.15, -0.1) is 0 Å². The number of amides is 3. The molecule has 13 atom stereocenters. The maximum Gasteiger partial charge on any atom is 0.412 e. The summed E-state index contributed by atoms with van der Waals surface area (Å²) in [6.45, 7) is 13.3. The van der Waals surface area contributed by atoms with Gasteiger partial charge in [0.1, 0.15) is 23.9 Å². The van der Waals surface area contributed by atoms with Crippen molar-refractivity contribution in [1.82, 2.24) is 25.4 Å². The number of carbonyl (C=O) groups excluding carboxylic acids is 5. The van der Waals surface area contributed by atoms with Gasteiger partial charge < -0.3 is 44.3 Å². The second kappa shape index (κ2) is 18.6.